The van der Waals surface area contributed by atoms with E-state index in [4.69, 9.17) is 23.2 Å². The molecule has 1 heterocycles. The summed E-state index contributed by atoms with van der Waals surface area (Å²) in [4.78, 5) is 24.9. The molecule has 1 aliphatic rings. The fourth-order valence-corrected chi connectivity index (χ4v) is 2.60. The molecule has 1 atom stereocenters. The van der Waals surface area contributed by atoms with Gasteiger partial charge in [-0.3, -0.25) is 9.59 Å². The zero-order valence-corrected chi connectivity index (χ0v) is 11.7. The molecule has 90 valence electrons. The lowest BCUT2D eigenvalue weighted by atomic mass is 10.1. The number of anilines is 1. The van der Waals surface area contributed by atoms with Crippen molar-refractivity contribution < 1.29 is 9.59 Å². The van der Waals surface area contributed by atoms with Gasteiger partial charge >= 0.3 is 0 Å². The van der Waals surface area contributed by atoms with Crippen LogP contribution in [0.15, 0.2) is 18.2 Å². The summed E-state index contributed by atoms with van der Waals surface area (Å²) in [6.45, 7) is 0. The molecule has 2 rings (SSSR count). The molecule has 3 nitrogen and oxygen atoms in total. The molecule has 1 saturated heterocycles. The fraction of sp³-hybridized carbons (Fsp3) is 0.273. The van der Waals surface area contributed by atoms with Crippen molar-refractivity contribution in [3.05, 3.63) is 28.2 Å². The number of rotatable bonds is 2. The van der Waals surface area contributed by atoms with E-state index < -0.39 is 0 Å². The molecule has 2 amide bonds. The molecule has 0 saturated carbocycles. The van der Waals surface area contributed by atoms with Crippen LogP contribution in [0, 0.1) is 5.92 Å². The molecule has 0 aliphatic carbocycles. The Hall–Kier alpha value is -0.580. The van der Waals surface area contributed by atoms with E-state index in [0.717, 1.165) is 4.90 Å². The molecule has 1 unspecified atom stereocenters. The van der Waals surface area contributed by atoms with Crippen LogP contribution < -0.4 is 4.90 Å². The Morgan fingerprint density at radius 3 is 2.65 bits per heavy atom. The topological polar surface area (TPSA) is 37.4 Å². The van der Waals surface area contributed by atoms with Gasteiger partial charge in [0.05, 0.1) is 16.6 Å². The first-order chi connectivity index (χ1) is 8.04. The third-order valence-corrected chi connectivity index (χ3v) is 3.91. The highest BCUT2D eigenvalue weighted by Gasteiger charge is 2.39. The van der Waals surface area contributed by atoms with E-state index in [-0.39, 0.29) is 24.2 Å². The van der Waals surface area contributed by atoms with Crippen LogP contribution in [0.2, 0.25) is 10.0 Å². The summed E-state index contributed by atoms with van der Waals surface area (Å²) < 4.78 is 0. The van der Waals surface area contributed by atoms with Gasteiger partial charge in [-0.05, 0) is 18.2 Å². The van der Waals surface area contributed by atoms with Crippen LogP contribution in [0.3, 0.4) is 0 Å². The van der Waals surface area contributed by atoms with Crippen molar-refractivity contribution in [1.29, 1.82) is 0 Å². The Bertz CT molecular complexity index is 492. The summed E-state index contributed by atoms with van der Waals surface area (Å²) in [7, 11) is 0. The largest absolute Gasteiger partial charge is 0.274 e. The SMILES string of the molecule is O=C1CC(CBr)C(=O)N1c1cc(Cl)ccc1Cl. The third-order valence-electron chi connectivity index (χ3n) is 2.58. The highest BCUT2D eigenvalue weighted by Crippen LogP contribution is 2.34. The molecule has 6 heteroatoms. The number of alkyl halides is 1. The molecule has 17 heavy (non-hydrogen) atoms. The summed E-state index contributed by atoms with van der Waals surface area (Å²) in [5.74, 6) is -0.808. The minimum absolute atomic E-state index is 0.201. The Labute approximate surface area is 117 Å². The number of halogens is 3. The summed E-state index contributed by atoms with van der Waals surface area (Å²) in [6, 6.07) is 4.71. The van der Waals surface area contributed by atoms with Gasteiger partial charge in [0.1, 0.15) is 0 Å². The first-order valence-corrected chi connectivity index (χ1v) is 6.80. The normalized spacial score (nSPS) is 20.2. The van der Waals surface area contributed by atoms with Gasteiger partial charge in [0, 0.05) is 16.8 Å². The summed E-state index contributed by atoms with van der Waals surface area (Å²) >= 11 is 15.0. The van der Waals surface area contributed by atoms with Gasteiger partial charge in [0.25, 0.3) is 0 Å². The summed E-state index contributed by atoms with van der Waals surface area (Å²) in [5.41, 5.74) is 0.359. The second-order valence-corrected chi connectivity index (χ2v) is 5.21. The van der Waals surface area contributed by atoms with Gasteiger partial charge < -0.3 is 0 Å². The van der Waals surface area contributed by atoms with Crippen molar-refractivity contribution >= 4 is 56.6 Å². The highest BCUT2D eigenvalue weighted by atomic mass is 79.9. The standard InChI is InChI=1S/C11H8BrCl2NO2/c12-5-6-3-10(16)15(11(6)17)9-4-7(13)1-2-8(9)14/h1-2,4,6H,3,5H2. The maximum Gasteiger partial charge on any atom is 0.238 e. The molecular formula is C11H8BrCl2NO2. The van der Waals surface area contributed by atoms with E-state index in [1.54, 1.807) is 12.1 Å². The van der Waals surface area contributed by atoms with E-state index in [1.165, 1.54) is 6.07 Å². The van der Waals surface area contributed by atoms with E-state index in [9.17, 15) is 9.59 Å². The molecule has 0 N–H and O–H groups in total. The smallest absolute Gasteiger partial charge is 0.238 e. The lowest BCUT2D eigenvalue weighted by molar-refractivity contribution is -0.122. The van der Waals surface area contributed by atoms with Crippen LogP contribution in [0.4, 0.5) is 5.69 Å². The van der Waals surface area contributed by atoms with E-state index in [2.05, 4.69) is 15.9 Å². The Morgan fingerprint density at radius 2 is 2.06 bits per heavy atom. The van der Waals surface area contributed by atoms with Crippen molar-refractivity contribution in [3.63, 3.8) is 0 Å². The average molecular weight is 337 g/mol. The number of carbonyl (C=O) groups excluding carboxylic acids is 2. The lowest BCUT2D eigenvalue weighted by Gasteiger charge is -2.16. The van der Waals surface area contributed by atoms with Crippen molar-refractivity contribution in [2.75, 3.05) is 10.2 Å². The van der Waals surface area contributed by atoms with Crippen LogP contribution in [0.1, 0.15) is 6.42 Å². The van der Waals surface area contributed by atoms with Crippen LogP contribution in [0.5, 0.6) is 0 Å². The summed E-state index contributed by atoms with van der Waals surface area (Å²) in [5, 5.41) is 1.24. The third kappa shape index (κ3) is 2.34. The number of hydrogen-bond donors (Lipinski definition) is 0. The van der Waals surface area contributed by atoms with E-state index >= 15 is 0 Å². The Morgan fingerprint density at radius 1 is 1.35 bits per heavy atom. The molecule has 1 aromatic rings. The maximum absolute atomic E-state index is 12.0. The van der Waals surface area contributed by atoms with Crippen LogP contribution in [-0.4, -0.2) is 17.1 Å². The van der Waals surface area contributed by atoms with Crippen molar-refractivity contribution in [1.82, 2.24) is 0 Å². The number of hydrogen-bond acceptors (Lipinski definition) is 2. The van der Waals surface area contributed by atoms with Gasteiger partial charge in [-0.1, -0.05) is 39.1 Å². The minimum atomic E-state index is -0.322. The first kappa shape index (κ1) is 12.9. The number of carbonyl (C=O) groups is 2. The zero-order valence-electron chi connectivity index (χ0n) is 8.62. The second kappa shape index (κ2) is 4.96. The Balaban J connectivity index is 2.43. The molecule has 1 aliphatic heterocycles. The Kier molecular flexibility index (Phi) is 3.76. The number of imide groups is 1. The second-order valence-electron chi connectivity index (χ2n) is 3.72. The minimum Gasteiger partial charge on any atom is -0.274 e. The molecule has 0 aromatic heterocycles. The molecule has 1 aromatic carbocycles. The predicted octanol–water partition coefficient (Wildman–Crippen LogP) is 3.27. The van der Waals surface area contributed by atoms with Gasteiger partial charge in [0.2, 0.25) is 11.8 Å². The van der Waals surface area contributed by atoms with Crippen LogP contribution in [0.25, 0.3) is 0 Å². The molecular weight excluding hydrogens is 329 g/mol. The van der Waals surface area contributed by atoms with Crippen LogP contribution in [-0.2, 0) is 9.59 Å². The van der Waals surface area contributed by atoms with E-state index in [1.807, 2.05) is 0 Å². The van der Waals surface area contributed by atoms with Gasteiger partial charge in [-0.2, -0.15) is 0 Å². The highest BCUT2D eigenvalue weighted by molar-refractivity contribution is 9.09. The van der Waals surface area contributed by atoms with Crippen molar-refractivity contribution in [3.8, 4) is 0 Å². The average Bonchev–Trinajstić information content (AvgIpc) is 2.58. The fourth-order valence-electron chi connectivity index (χ4n) is 1.73. The number of amides is 2. The van der Waals surface area contributed by atoms with E-state index in [0.29, 0.717) is 21.1 Å². The van der Waals surface area contributed by atoms with Gasteiger partial charge in [0.15, 0.2) is 0 Å². The van der Waals surface area contributed by atoms with Gasteiger partial charge in [-0.25, -0.2) is 4.90 Å². The predicted molar refractivity (Wildman–Crippen MR) is 70.9 cm³/mol. The number of benzene rings is 1. The van der Waals surface area contributed by atoms with Gasteiger partial charge in [-0.15, -0.1) is 0 Å². The molecule has 0 spiro atoms. The first-order valence-electron chi connectivity index (χ1n) is 4.92. The quantitative estimate of drug-likeness (QED) is 0.614. The zero-order chi connectivity index (χ0) is 12.6. The monoisotopic (exact) mass is 335 g/mol. The molecule has 0 bridgehead atoms. The van der Waals surface area contributed by atoms with Crippen molar-refractivity contribution in [2.24, 2.45) is 5.92 Å². The molecule has 1 fully saturated rings. The van der Waals surface area contributed by atoms with Crippen molar-refractivity contribution in [2.45, 2.75) is 6.42 Å². The molecule has 0 radical (unpaired) electrons. The number of nitrogens with zero attached hydrogens (tertiary/aromatic N) is 1. The van der Waals surface area contributed by atoms with Crippen LogP contribution >= 0.6 is 39.1 Å². The lowest BCUT2D eigenvalue weighted by Crippen LogP contribution is -2.31. The summed E-state index contributed by atoms with van der Waals surface area (Å²) in [6.07, 6.45) is 0.201. The maximum atomic E-state index is 12.0.